The number of rotatable bonds is 7. The molecule has 0 saturated carbocycles. The molecule has 1 unspecified atom stereocenters. The number of hydrogen-bond acceptors (Lipinski definition) is 5. The predicted molar refractivity (Wildman–Crippen MR) is 96.1 cm³/mol. The highest BCUT2D eigenvalue weighted by Gasteiger charge is 2.30. The molecule has 0 aliphatic heterocycles. The van der Waals surface area contributed by atoms with Gasteiger partial charge in [-0.1, -0.05) is 12.1 Å². The summed E-state index contributed by atoms with van der Waals surface area (Å²) in [5.41, 5.74) is 5.99. The molecule has 144 valence electrons. The summed E-state index contributed by atoms with van der Waals surface area (Å²) in [6.45, 7) is 0.482. The number of nitrogens with zero attached hydrogens (tertiary/aromatic N) is 1. The van der Waals surface area contributed by atoms with E-state index >= 15 is 0 Å². The number of methoxy groups -OCH3 is 1. The highest BCUT2D eigenvalue weighted by atomic mass is 35.5. The molecule has 5 nitrogen and oxygen atoms in total. The molecule has 1 heterocycles. The number of halogens is 4. The van der Waals surface area contributed by atoms with Gasteiger partial charge in [-0.15, -0.1) is 23.7 Å². The molecule has 0 radical (unpaired) electrons. The summed E-state index contributed by atoms with van der Waals surface area (Å²) in [5.74, 6) is -0.207. The van der Waals surface area contributed by atoms with E-state index in [0.29, 0.717) is 16.3 Å². The number of alkyl halides is 3. The first kappa shape index (κ1) is 22.4. The summed E-state index contributed by atoms with van der Waals surface area (Å²) < 4.78 is 42.8. The van der Waals surface area contributed by atoms with Gasteiger partial charge in [-0.3, -0.25) is 4.79 Å². The van der Waals surface area contributed by atoms with Crippen LogP contribution in [0.25, 0.3) is 10.6 Å². The molecule has 0 spiro atoms. The third kappa shape index (κ3) is 6.24. The molecule has 1 aromatic heterocycles. The van der Waals surface area contributed by atoms with Crippen LogP contribution in [0.2, 0.25) is 0 Å². The van der Waals surface area contributed by atoms with Crippen molar-refractivity contribution in [2.24, 2.45) is 5.73 Å². The predicted octanol–water partition coefficient (Wildman–Crippen LogP) is 3.23. The lowest BCUT2D eigenvalue weighted by molar-refractivity contribution is -0.137. The lowest BCUT2D eigenvalue weighted by Crippen LogP contribution is -2.31. The van der Waals surface area contributed by atoms with Crippen LogP contribution >= 0.6 is 23.7 Å². The van der Waals surface area contributed by atoms with E-state index in [9.17, 15) is 18.0 Å². The van der Waals surface area contributed by atoms with Gasteiger partial charge in [0.15, 0.2) is 0 Å². The number of carbonyl (C=O) groups is 1. The van der Waals surface area contributed by atoms with Crippen LogP contribution in [-0.2, 0) is 22.3 Å². The third-order valence-corrected chi connectivity index (χ3v) is 4.43. The minimum Gasteiger partial charge on any atom is -0.380 e. The van der Waals surface area contributed by atoms with Crippen molar-refractivity contribution >= 4 is 29.7 Å². The fourth-order valence-corrected chi connectivity index (χ4v) is 2.88. The average Bonchev–Trinajstić information content (AvgIpc) is 3.06. The Morgan fingerprint density at radius 3 is 2.54 bits per heavy atom. The van der Waals surface area contributed by atoms with Crippen LogP contribution in [0.4, 0.5) is 13.2 Å². The van der Waals surface area contributed by atoms with Crippen LogP contribution in [0.15, 0.2) is 29.6 Å². The number of aromatic nitrogens is 1. The molecule has 26 heavy (non-hydrogen) atoms. The molecule has 1 atom stereocenters. The maximum atomic E-state index is 12.6. The van der Waals surface area contributed by atoms with Gasteiger partial charge in [0.1, 0.15) is 5.01 Å². The third-order valence-electron chi connectivity index (χ3n) is 3.49. The van der Waals surface area contributed by atoms with E-state index < -0.39 is 11.7 Å². The van der Waals surface area contributed by atoms with Gasteiger partial charge < -0.3 is 15.8 Å². The molecular formula is C16H19ClF3N3O2S. The topological polar surface area (TPSA) is 77.2 Å². The number of nitrogens with two attached hydrogens (primary N) is 1. The summed E-state index contributed by atoms with van der Waals surface area (Å²) >= 11 is 1.30. The van der Waals surface area contributed by atoms with Crippen molar-refractivity contribution in [3.8, 4) is 10.6 Å². The second-order valence-corrected chi connectivity index (χ2v) is 6.15. The van der Waals surface area contributed by atoms with E-state index in [2.05, 4.69) is 10.3 Å². The molecule has 2 rings (SSSR count). The minimum absolute atomic E-state index is 0. The Hall–Kier alpha value is -1.68. The van der Waals surface area contributed by atoms with Crippen molar-refractivity contribution in [2.75, 3.05) is 13.7 Å². The molecular weight excluding hydrogens is 391 g/mol. The first-order valence-electron chi connectivity index (χ1n) is 7.45. The molecule has 3 N–H and O–H groups in total. The SMILES string of the molecule is COC(CN)CC(=O)NCc1csc(-c2ccc(C(F)(F)F)cc2)n1.Cl. The first-order chi connectivity index (χ1) is 11.8. The summed E-state index contributed by atoms with van der Waals surface area (Å²) in [6, 6.07) is 4.81. The number of amides is 1. The fraction of sp³-hybridized carbons (Fsp3) is 0.375. The van der Waals surface area contributed by atoms with Gasteiger partial charge in [-0.05, 0) is 12.1 Å². The summed E-state index contributed by atoms with van der Waals surface area (Å²) in [6.07, 6.45) is -4.54. The molecule has 0 fully saturated rings. The molecule has 2 aromatic rings. The molecule has 1 aromatic carbocycles. The van der Waals surface area contributed by atoms with E-state index in [4.69, 9.17) is 10.5 Å². The van der Waals surface area contributed by atoms with Crippen molar-refractivity contribution in [1.29, 1.82) is 0 Å². The Bertz CT molecular complexity index is 704. The van der Waals surface area contributed by atoms with E-state index in [0.717, 1.165) is 12.1 Å². The molecule has 10 heteroatoms. The van der Waals surface area contributed by atoms with Gasteiger partial charge in [-0.25, -0.2) is 4.98 Å². The van der Waals surface area contributed by atoms with Gasteiger partial charge in [-0.2, -0.15) is 13.2 Å². The number of hydrogen-bond donors (Lipinski definition) is 2. The monoisotopic (exact) mass is 409 g/mol. The zero-order valence-corrected chi connectivity index (χ0v) is 15.5. The summed E-state index contributed by atoms with van der Waals surface area (Å²) in [4.78, 5) is 16.1. The normalized spacial score (nSPS) is 12.3. The van der Waals surface area contributed by atoms with Crippen LogP contribution in [0.5, 0.6) is 0 Å². The van der Waals surface area contributed by atoms with Crippen molar-refractivity contribution < 1.29 is 22.7 Å². The van der Waals surface area contributed by atoms with Crippen molar-refractivity contribution in [3.63, 3.8) is 0 Å². The standard InChI is InChI=1S/C16H18F3N3O2S.ClH/c1-24-13(7-20)6-14(23)21-8-12-9-25-15(22-12)10-2-4-11(5-3-10)16(17,18)19;/h2-5,9,13H,6-8,20H2,1H3,(H,21,23);1H. The summed E-state index contributed by atoms with van der Waals surface area (Å²) in [7, 11) is 1.49. The minimum atomic E-state index is -4.36. The lowest BCUT2D eigenvalue weighted by Gasteiger charge is -2.11. The lowest BCUT2D eigenvalue weighted by atomic mass is 10.1. The molecule has 0 bridgehead atoms. The average molecular weight is 410 g/mol. The van der Waals surface area contributed by atoms with E-state index in [1.165, 1.54) is 30.6 Å². The molecule has 1 amide bonds. The van der Waals surface area contributed by atoms with Crippen molar-refractivity contribution in [2.45, 2.75) is 25.2 Å². The Morgan fingerprint density at radius 1 is 1.35 bits per heavy atom. The number of thiazole rings is 1. The molecule has 0 aliphatic rings. The zero-order chi connectivity index (χ0) is 18.4. The molecule has 0 aliphatic carbocycles. The van der Waals surface area contributed by atoms with Crippen molar-refractivity contribution in [1.82, 2.24) is 10.3 Å². The Balaban J connectivity index is 0.00000338. The van der Waals surface area contributed by atoms with Crippen LogP contribution in [-0.4, -0.2) is 30.6 Å². The van der Waals surface area contributed by atoms with Gasteiger partial charge in [0.25, 0.3) is 0 Å². The van der Waals surface area contributed by atoms with Crippen LogP contribution in [0.3, 0.4) is 0 Å². The molecule has 0 saturated heterocycles. The maximum absolute atomic E-state index is 12.6. The van der Waals surface area contributed by atoms with E-state index in [1.807, 2.05) is 0 Å². The number of carbonyl (C=O) groups excluding carboxylic acids is 1. The van der Waals surface area contributed by atoms with Crippen molar-refractivity contribution in [3.05, 3.63) is 40.9 Å². The highest BCUT2D eigenvalue weighted by Crippen LogP contribution is 2.31. The van der Waals surface area contributed by atoms with Crippen LogP contribution in [0, 0.1) is 0 Å². The number of benzene rings is 1. The number of nitrogens with one attached hydrogen (secondary N) is 1. The maximum Gasteiger partial charge on any atom is 0.416 e. The van der Waals surface area contributed by atoms with Crippen LogP contribution < -0.4 is 11.1 Å². The van der Waals surface area contributed by atoms with Gasteiger partial charge >= 0.3 is 6.18 Å². The smallest absolute Gasteiger partial charge is 0.380 e. The second kappa shape index (κ2) is 9.86. The second-order valence-electron chi connectivity index (χ2n) is 5.29. The quantitative estimate of drug-likeness (QED) is 0.736. The Morgan fingerprint density at radius 2 is 2.00 bits per heavy atom. The zero-order valence-electron chi connectivity index (χ0n) is 13.9. The highest BCUT2D eigenvalue weighted by molar-refractivity contribution is 7.13. The van der Waals surface area contributed by atoms with Gasteiger partial charge in [0, 0.05) is 24.6 Å². The Labute approximate surface area is 159 Å². The van der Waals surface area contributed by atoms with E-state index in [1.54, 1.807) is 5.38 Å². The number of ether oxygens (including phenoxy) is 1. The van der Waals surface area contributed by atoms with E-state index in [-0.39, 0.29) is 43.9 Å². The summed E-state index contributed by atoms with van der Waals surface area (Å²) in [5, 5.41) is 5.06. The first-order valence-corrected chi connectivity index (χ1v) is 8.33. The Kier molecular flexibility index (Phi) is 8.48. The van der Waals surface area contributed by atoms with Gasteiger partial charge in [0.05, 0.1) is 30.3 Å². The van der Waals surface area contributed by atoms with Crippen LogP contribution in [0.1, 0.15) is 17.7 Å². The largest absolute Gasteiger partial charge is 0.416 e. The fourth-order valence-electron chi connectivity index (χ4n) is 2.05. The van der Waals surface area contributed by atoms with Gasteiger partial charge in [0.2, 0.25) is 5.91 Å².